The normalized spacial score (nSPS) is 12.5. The van der Waals surface area contributed by atoms with E-state index in [2.05, 4.69) is 41.9 Å². The number of hydrogen-bond acceptors (Lipinski definition) is 0. The van der Waals surface area contributed by atoms with Crippen LogP contribution in [0.25, 0.3) is 0 Å². The predicted octanol–water partition coefficient (Wildman–Crippen LogP) is 4.93. The van der Waals surface area contributed by atoms with Gasteiger partial charge in [0.2, 0.25) is 0 Å². The summed E-state index contributed by atoms with van der Waals surface area (Å²) in [4.78, 5) is -0.0944. The van der Waals surface area contributed by atoms with Crippen LogP contribution in [0.4, 0.5) is 4.39 Å². The van der Waals surface area contributed by atoms with Gasteiger partial charge in [0.25, 0.3) is 0 Å². The Hall–Kier alpha value is -1.15. The molecule has 0 bridgehead atoms. The van der Waals surface area contributed by atoms with E-state index in [1.165, 1.54) is 17.2 Å². The summed E-state index contributed by atoms with van der Waals surface area (Å²) in [6.07, 6.45) is 0. The molecule has 0 saturated heterocycles. The minimum atomic E-state index is -0.174. The number of hydrogen-bond donors (Lipinski definition) is 0. The standard InChI is InChI=1S/C15H14BrF/c1-10-7-8-12(9-11(10)2)15(16)13-5-3-4-6-14(13)17/h3-9,15H,1-2H3. The van der Waals surface area contributed by atoms with Gasteiger partial charge in [-0.1, -0.05) is 52.3 Å². The molecule has 0 spiro atoms. The second kappa shape index (κ2) is 5.01. The van der Waals surface area contributed by atoms with Crippen molar-refractivity contribution in [2.24, 2.45) is 0 Å². The summed E-state index contributed by atoms with van der Waals surface area (Å²) in [5.74, 6) is -0.174. The largest absolute Gasteiger partial charge is 0.207 e. The van der Waals surface area contributed by atoms with Gasteiger partial charge >= 0.3 is 0 Å². The lowest BCUT2D eigenvalue weighted by Gasteiger charge is -2.13. The third-order valence-corrected chi connectivity index (χ3v) is 4.02. The zero-order valence-electron chi connectivity index (χ0n) is 9.87. The first-order chi connectivity index (χ1) is 8.09. The van der Waals surface area contributed by atoms with Gasteiger partial charge in [-0.05, 0) is 36.6 Å². The summed E-state index contributed by atoms with van der Waals surface area (Å²) < 4.78 is 13.7. The smallest absolute Gasteiger partial charge is 0.127 e. The average Bonchev–Trinajstić information content (AvgIpc) is 2.32. The van der Waals surface area contributed by atoms with Crippen molar-refractivity contribution >= 4 is 15.9 Å². The van der Waals surface area contributed by atoms with Crippen LogP contribution in [-0.2, 0) is 0 Å². The predicted molar refractivity (Wildman–Crippen MR) is 73.1 cm³/mol. The summed E-state index contributed by atoms with van der Waals surface area (Å²) in [7, 11) is 0. The molecular weight excluding hydrogens is 279 g/mol. The average molecular weight is 293 g/mol. The molecule has 0 fully saturated rings. The van der Waals surface area contributed by atoms with Crippen molar-refractivity contribution in [3.8, 4) is 0 Å². The van der Waals surface area contributed by atoms with Gasteiger partial charge in [-0.2, -0.15) is 0 Å². The van der Waals surface area contributed by atoms with Gasteiger partial charge < -0.3 is 0 Å². The van der Waals surface area contributed by atoms with Crippen molar-refractivity contribution in [2.75, 3.05) is 0 Å². The molecule has 2 rings (SSSR count). The van der Waals surface area contributed by atoms with Gasteiger partial charge in [0.05, 0.1) is 4.83 Å². The fraction of sp³-hybridized carbons (Fsp3) is 0.200. The topological polar surface area (TPSA) is 0 Å². The van der Waals surface area contributed by atoms with Crippen molar-refractivity contribution < 1.29 is 4.39 Å². The van der Waals surface area contributed by atoms with Crippen LogP contribution in [-0.4, -0.2) is 0 Å². The molecule has 0 radical (unpaired) electrons. The van der Waals surface area contributed by atoms with Gasteiger partial charge in [-0.15, -0.1) is 0 Å². The Morgan fingerprint density at radius 3 is 2.35 bits per heavy atom. The van der Waals surface area contributed by atoms with E-state index in [0.29, 0.717) is 5.56 Å². The SMILES string of the molecule is Cc1ccc(C(Br)c2ccccc2F)cc1C. The number of rotatable bonds is 2. The minimum Gasteiger partial charge on any atom is -0.207 e. The summed E-state index contributed by atoms with van der Waals surface area (Å²) in [6, 6.07) is 13.1. The number of aryl methyl sites for hydroxylation is 2. The Bertz CT molecular complexity index is 534. The van der Waals surface area contributed by atoms with Crippen molar-refractivity contribution in [3.63, 3.8) is 0 Å². The van der Waals surface area contributed by atoms with Crippen molar-refractivity contribution in [3.05, 3.63) is 70.5 Å². The maximum Gasteiger partial charge on any atom is 0.127 e. The van der Waals surface area contributed by atoms with Crippen LogP contribution < -0.4 is 0 Å². The molecule has 2 aromatic rings. The molecule has 0 aliphatic carbocycles. The number of benzene rings is 2. The molecule has 2 aromatic carbocycles. The van der Waals surface area contributed by atoms with Crippen LogP contribution in [0.5, 0.6) is 0 Å². The number of alkyl halides is 1. The molecule has 2 heteroatoms. The first-order valence-corrected chi connectivity index (χ1v) is 6.47. The Kier molecular flexibility index (Phi) is 3.63. The quantitative estimate of drug-likeness (QED) is 0.689. The van der Waals surface area contributed by atoms with Gasteiger partial charge in [0.15, 0.2) is 0 Å². The maximum absolute atomic E-state index is 13.7. The molecule has 0 aromatic heterocycles. The highest BCUT2D eigenvalue weighted by Gasteiger charge is 2.14. The van der Waals surface area contributed by atoms with Crippen LogP contribution in [0.15, 0.2) is 42.5 Å². The third-order valence-electron chi connectivity index (χ3n) is 3.00. The molecule has 0 aliphatic heterocycles. The van der Waals surface area contributed by atoms with E-state index in [4.69, 9.17) is 0 Å². The minimum absolute atomic E-state index is 0.0944. The number of halogens is 2. The second-order valence-corrected chi connectivity index (χ2v) is 5.14. The van der Waals surface area contributed by atoms with Gasteiger partial charge in [-0.25, -0.2) is 4.39 Å². The maximum atomic E-state index is 13.7. The van der Waals surface area contributed by atoms with Gasteiger partial charge in [0.1, 0.15) is 5.82 Å². The molecule has 1 unspecified atom stereocenters. The Morgan fingerprint density at radius 2 is 1.71 bits per heavy atom. The molecule has 88 valence electrons. The molecular formula is C15H14BrF. The highest BCUT2D eigenvalue weighted by atomic mass is 79.9. The fourth-order valence-corrected chi connectivity index (χ4v) is 2.44. The second-order valence-electron chi connectivity index (χ2n) is 4.23. The molecule has 1 atom stereocenters. The Balaban J connectivity index is 2.40. The van der Waals surface area contributed by atoms with Crippen LogP contribution in [0.1, 0.15) is 27.1 Å². The van der Waals surface area contributed by atoms with Gasteiger partial charge in [0, 0.05) is 5.56 Å². The monoisotopic (exact) mass is 292 g/mol. The van der Waals surface area contributed by atoms with Crippen molar-refractivity contribution in [2.45, 2.75) is 18.7 Å². The Labute approximate surface area is 110 Å². The highest BCUT2D eigenvalue weighted by Crippen LogP contribution is 2.33. The van der Waals surface area contributed by atoms with E-state index in [9.17, 15) is 4.39 Å². The van der Waals surface area contributed by atoms with Crippen LogP contribution in [0.2, 0.25) is 0 Å². The Morgan fingerprint density at radius 1 is 1.00 bits per heavy atom. The first kappa shape index (κ1) is 12.3. The molecule has 0 aliphatic rings. The van der Waals surface area contributed by atoms with Crippen LogP contribution in [0, 0.1) is 19.7 Å². The van der Waals surface area contributed by atoms with E-state index in [-0.39, 0.29) is 10.6 Å². The lowest BCUT2D eigenvalue weighted by Crippen LogP contribution is -1.97. The lowest BCUT2D eigenvalue weighted by atomic mass is 10.0. The molecule has 0 saturated carbocycles. The van der Waals surface area contributed by atoms with Gasteiger partial charge in [-0.3, -0.25) is 0 Å². The fourth-order valence-electron chi connectivity index (χ4n) is 1.78. The van der Waals surface area contributed by atoms with Crippen molar-refractivity contribution in [1.82, 2.24) is 0 Å². The molecule has 17 heavy (non-hydrogen) atoms. The summed E-state index contributed by atoms with van der Waals surface area (Å²) in [5.41, 5.74) is 4.24. The van der Waals surface area contributed by atoms with Crippen molar-refractivity contribution in [1.29, 1.82) is 0 Å². The highest BCUT2D eigenvalue weighted by molar-refractivity contribution is 9.09. The summed E-state index contributed by atoms with van der Waals surface area (Å²) in [5, 5.41) is 0. The zero-order valence-corrected chi connectivity index (χ0v) is 11.5. The first-order valence-electron chi connectivity index (χ1n) is 5.55. The van der Waals surface area contributed by atoms with Crippen LogP contribution in [0.3, 0.4) is 0 Å². The van der Waals surface area contributed by atoms with E-state index < -0.39 is 0 Å². The van der Waals surface area contributed by atoms with E-state index in [1.807, 2.05) is 18.2 Å². The van der Waals surface area contributed by atoms with E-state index >= 15 is 0 Å². The zero-order chi connectivity index (χ0) is 12.4. The van der Waals surface area contributed by atoms with E-state index in [1.54, 1.807) is 6.07 Å². The third kappa shape index (κ3) is 2.58. The van der Waals surface area contributed by atoms with Crippen LogP contribution >= 0.6 is 15.9 Å². The molecule has 0 heterocycles. The molecule has 0 N–H and O–H groups in total. The lowest BCUT2D eigenvalue weighted by molar-refractivity contribution is 0.613. The molecule has 0 nitrogen and oxygen atoms in total. The summed E-state index contributed by atoms with van der Waals surface area (Å²) >= 11 is 3.56. The molecule has 0 amide bonds. The van der Waals surface area contributed by atoms with E-state index in [0.717, 1.165) is 5.56 Å². The summed E-state index contributed by atoms with van der Waals surface area (Å²) in [6.45, 7) is 4.14.